The number of carbonyl (C=O) groups excluding carboxylic acids is 1. The fourth-order valence-corrected chi connectivity index (χ4v) is 3.77. The third-order valence-electron chi connectivity index (χ3n) is 4.02. The number of fused-ring (bicyclic) bond motifs is 1. The van der Waals surface area contributed by atoms with Crippen LogP contribution >= 0.6 is 11.3 Å². The van der Waals surface area contributed by atoms with Gasteiger partial charge in [0.1, 0.15) is 0 Å². The molecule has 2 aliphatic carbocycles. The summed E-state index contributed by atoms with van der Waals surface area (Å²) in [4.78, 5) is 14.4. The van der Waals surface area contributed by atoms with Gasteiger partial charge in [-0.15, -0.1) is 11.3 Å². The smallest absolute Gasteiger partial charge is 0.261 e. The fourth-order valence-electron chi connectivity index (χ4n) is 2.60. The lowest BCUT2D eigenvalue weighted by atomic mass is 9.99. The highest BCUT2D eigenvalue weighted by atomic mass is 32.1. The number of amides is 1. The minimum absolute atomic E-state index is 0.0894. The molecule has 4 heteroatoms. The number of hydrogen-bond acceptors (Lipinski definition) is 3. The second-order valence-corrected chi connectivity index (χ2v) is 7.03. The first-order chi connectivity index (χ1) is 9.83. The van der Waals surface area contributed by atoms with Gasteiger partial charge in [0.05, 0.1) is 4.88 Å². The van der Waals surface area contributed by atoms with Crippen LogP contribution in [0.1, 0.15) is 52.2 Å². The molecular formula is C16H23NO2S. The number of hydrogen-bond donors (Lipinski definition) is 1. The van der Waals surface area contributed by atoms with E-state index in [1.807, 2.05) is 0 Å². The molecule has 1 fully saturated rings. The van der Waals surface area contributed by atoms with Crippen molar-refractivity contribution in [1.29, 1.82) is 0 Å². The summed E-state index contributed by atoms with van der Waals surface area (Å²) in [6, 6.07) is 2.10. The fraction of sp³-hybridized carbons (Fsp3) is 0.688. The van der Waals surface area contributed by atoms with E-state index in [-0.39, 0.29) is 5.91 Å². The highest BCUT2D eigenvalue weighted by Crippen LogP contribution is 2.30. The molecule has 3 nitrogen and oxygen atoms in total. The Bertz CT molecular complexity index is 442. The van der Waals surface area contributed by atoms with E-state index in [2.05, 4.69) is 11.4 Å². The lowest BCUT2D eigenvalue weighted by molar-refractivity contribution is 0.0941. The van der Waals surface area contributed by atoms with Crippen LogP contribution < -0.4 is 5.32 Å². The molecule has 3 rings (SSSR count). The third-order valence-corrected chi connectivity index (χ3v) is 5.26. The van der Waals surface area contributed by atoms with E-state index in [4.69, 9.17) is 4.74 Å². The van der Waals surface area contributed by atoms with Gasteiger partial charge in [-0.25, -0.2) is 0 Å². The van der Waals surface area contributed by atoms with Gasteiger partial charge in [0, 0.05) is 24.6 Å². The molecule has 20 heavy (non-hydrogen) atoms. The summed E-state index contributed by atoms with van der Waals surface area (Å²) in [5.74, 6) is 0.911. The first kappa shape index (κ1) is 14.1. The van der Waals surface area contributed by atoms with E-state index in [0.717, 1.165) is 43.3 Å². The van der Waals surface area contributed by atoms with Gasteiger partial charge >= 0.3 is 0 Å². The molecule has 0 atom stereocenters. The highest BCUT2D eigenvalue weighted by molar-refractivity contribution is 7.14. The van der Waals surface area contributed by atoms with Gasteiger partial charge in [-0.3, -0.25) is 4.79 Å². The molecule has 1 saturated carbocycles. The normalized spacial score (nSPS) is 17.8. The Kier molecular flexibility index (Phi) is 4.73. The van der Waals surface area contributed by atoms with Gasteiger partial charge in [-0.05, 0) is 62.5 Å². The zero-order valence-electron chi connectivity index (χ0n) is 12.0. The molecule has 1 N–H and O–H groups in total. The van der Waals surface area contributed by atoms with Crippen LogP contribution in [0.3, 0.4) is 0 Å². The van der Waals surface area contributed by atoms with Crippen LogP contribution in [0.25, 0.3) is 0 Å². The quantitative estimate of drug-likeness (QED) is 0.784. The summed E-state index contributed by atoms with van der Waals surface area (Å²) in [5.41, 5.74) is 1.40. The molecule has 0 radical (unpaired) electrons. The summed E-state index contributed by atoms with van der Waals surface area (Å²) in [6.45, 7) is 2.38. The summed E-state index contributed by atoms with van der Waals surface area (Å²) in [6.07, 6.45) is 8.41. The van der Waals surface area contributed by atoms with Crippen molar-refractivity contribution in [1.82, 2.24) is 5.32 Å². The standard InChI is InChI=1S/C16H23NO2S/c18-16(17-8-3-9-19-11-12-6-7-12)15-10-13-4-1-2-5-14(13)20-15/h10,12H,1-9,11H2,(H,17,18). The number of rotatable bonds is 7. The average Bonchev–Trinajstić information content (AvgIpc) is 3.18. The predicted molar refractivity (Wildman–Crippen MR) is 81.5 cm³/mol. The Labute approximate surface area is 124 Å². The van der Waals surface area contributed by atoms with Crippen LogP contribution in [-0.4, -0.2) is 25.7 Å². The molecule has 0 bridgehead atoms. The van der Waals surface area contributed by atoms with Crippen LogP contribution in [0.15, 0.2) is 6.07 Å². The molecule has 1 amide bonds. The van der Waals surface area contributed by atoms with Crippen molar-refractivity contribution in [3.05, 3.63) is 21.4 Å². The van der Waals surface area contributed by atoms with Crippen LogP contribution in [-0.2, 0) is 17.6 Å². The second kappa shape index (κ2) is 6.72. The van der Waals surface area contributed by atoms with Gasteiger partial charge in [0.2, 0.25) is 0 Å². The zero-order valence-corrected chi connectivity index (χ0v) is 12.8. The van der Waals surface area contributed by atoms with Crippen molar-refractivity contribution in [3.63, 3.8) is 0 Å². The van der Waals surface area contributed by atoms with E-state index in [0.29, 0.717) is 6.54 Å². The molecule has 110 valence electrons. The topological polar surface area (TPSA) is 38.3 Å². The maximum absolute atomic E-state index is 12.1. The molecule has 0 aliphatic heterocycles. The lowest BCUT2D eigenvalue weighted by Crippen LogP contribution is -2.24. The Morgan fingerprint density at radius 3 is 3.00 bits per heavy atom. The lowest BCUT2D eigenvalue weighted by Gasteiger charge is -2.08. The summed E-state index contributed by atoms with van der Waals surface area (Å²) < 4.78 is 5.56. The van der Waals surface area contributed by atoms with Crippen LogP contribution in [0.4, 0.5) is 0 Å². The minimum atomic E-state index is 0.0894. The van der Waals surface area contributed by atoms with Crippen molar-refractivity contribution < 1.29 is 9.53 Å². The molecule has 2 aliphatic rings. The number of nitrogens with one attached hydrogen (secondary N) is 1. The van der Waals surface area contributed by atoms with Gasteiger partial charge in [0.15, 0.2) is 0 Å². The Hall–Kier alpha value is -0.870. The minimum Gasteiger partial charge on any atom is -0.381 e. The van der Waals surface area contributed by atoms with E-state index in [9.17, 15) is 4.79 Å². The number of aryl methyl sites for hydroxylation is 2. The highest BCUT2D eigenvalue weighted by Gasteiger charge is 2.21. The SMILES string of the molecule is O=C(NCCCOCC1CC1)c1cc2c(s1)CCCC2. The predicted octanol–water partition coefficient (Wildman–Crippen LogP) is 3.17. The van der Waals surface area contributed by atoms with E-state index < -0.39 is 0 Å². The van der Waals surface area contributed by atoms with Gasteiger partial charge in [-0.1, -0.05) is 0 Å². The largest absolute Gasteiger partial charge is 0.381 e. The number of ether oxygens (including phenoxy) is 1. The third kappa shape index (κ3) is 3.83. The molecule has 0 unspecified atom stereocenters. The summed E-state index contributed by atoms with van der Waals surface area (Å²) >= 11 is 1.68. The van der Waals surface area contributed by atoms with Crippen molar-refractivity contribution in [3.8, 4) is 0 Å². The van der Waals surface area contributed by atoms with Crippen LogP contribution in [0.2, 0.25) is 0 Å². The first-order valence-electron chi connectivity index (χ1n) is 7.80. The van der Waals surface area contributed by atoms with E-state index in [1.54, 1.807) is 11.3 Å². The Morgan fingerprint density at radius 1 is 1.35 bits per heavy atom. The zero-order chi connectivity index (χ0) is 13.8. The van der Waals surface area contributed by atoms with Crippen molar-refractivity contribution in [2.75, 3.05) is 19.8 Å². The number of carbonyl (C=O) groups is 1. The van der Waals surface area contributed by atoms with E-state index >= 15 is 0 Å². The maximum atomic E-state index is 12.1. The van der Waals surface area contributed by atoms with Crippen molar-refractivity contribution >= 4 is 17.2 Å². The molecule has 1 aromatic heterocycles. The molecule has 1 aromatic rings. The molecule has 1 heterocycles. The Balaban J connectivity index is 1.36. The summed E-state index contributed by atoms with van der Waals surface area (Å²) in [7, 11) is 0. The van der Waals surface area contributed by atoms with Crippen molar-refractivity contribution in [2.24, 2.45) is 5.92 Å². The summed E-state index contributed by atoms with van der Waals surface area (Å²) in [5, 5.41) is 3.00. The van der Waals surface area contributed by atoms with E-state index in [1.165, 1.54) is 36.1 Å². The molecule has 0 aromatic carbocycles. The molecule has 0 saturated heterocycles. The van der Waals surface area contributed by atoms with Gasteiger partial charge < -0.3 is 10.1 Å². The Morgan fingerprint density at radius 2 is 2.20 bits per heavy atom. The second-order valence-electron chi connectivity index (χ2n) is 5.89. The van der Waals surface area contributed by atoms with Gasteiger partial charge in [0.25, 0.3) is 5.91 Å². The molecular weight excluding hydrogens is 270 g/mol. The maximum Gasteiger partial charge on any atom is 0.261 e. The van der Waals surface area contributed by atoms with Gasteiger partial charge in [-0.2, -0.15) is 0 Å². The van der Waals surface area contributed by atoms with Crippen LogP contribution in [0, 0.1) is 5.92 Å². The van der Waals surface area contributed by atoms with Crippen LogP contribution in [0.5, 0.6) is 0 Å². The molecule has 0 spiro atoms. The number of thiophene rings is 1. The monoisotopic (exact) mass is 293 g/mol. The van der Waals surface area contributed by atoms with Crippen molar-refractivity contribution in [2.45, 2.75) is 44.9 Å². The average molecular weight is 293 g/mol. The first-order valence-corrected chi connectivity index (χ1v) is 8.62.